The van der Waals surface area contributed by atoms with Crippen molar-refractivity contribution in [3.05, 3.63) is 152 Å². The second kappa shape index (κ2) is 25.2. The Hall–Kier alpha value is -8.58. The van der Waals surface area contributed by atoms with E-state index in [0.29, 0.717) is 65.6 Å². The number of amides is 5. The van der Waals surface area contributed by atoms with Crippen LogP contribution >= 0.6 is 11.6 Å². The van der Waals surface area contributed by atoms with Crippen molar-refractivity contribution in [3.63, 3.8) is 0 Å². The van der Waals surface area contributed by atoms with Crippen LogP contribution in [0, 0.1) is 33.3 Å². The number of fused-ring (bicyclic) bond motifs is 2. The van der Waals surface area contributed by atoms with Gasteiger partial charge in [0.1, 0.15) is 28.9 Å². The van der Waals surface area contributed by atoms with Crippen LogP contribution in [0.25, 0.3) is 16.6 Å². The van der Waals surface area contributed by atoms with Gasteiger partial charge in [-0.3, -0.25) is 44.3 Å². The molecule has 20 nitrogen and oxygen atoms in total. The maximum absolute atomic E-state index is 14.2. The van der Waals surface area contributed by atoms with Crippen LogP contribution < -0.4 is 30.3 Å². The van der Waals surface area contributed by atoms with Crippen LogP contribution in [0.4, 0.5) is 17.1 Å². The number of benzene rings is 4. The monoisotopic (exact) mass is 1200 g/mol. The van der Waals surface area contributed by atoms with Crippen molar-refractivity contribution in [1.82, 2.24) is 35.1 Å². The molecule has 0 radical (unpaired) electrons. The fourth-order valence-corrected chi connectivity index (χ4v) is 13.4. The predicted octanol–water partition coefficient (Wildman–Crippen LogP) is 9.50. The second-order valence-electron chi connectivity index (χ2n) is 23.6. The maximum Gasteiger partial charge on any atom is 0.293 e. The Morgan fingerprint density at radius 1 is 0.930 bits per heavy atom. The minimum absolute atomic E-state index is 0.0609. The number of hydrogen-bond acceptors (Lipinski definition) is 14. The van der Waals surface area contributed by atoms with Gasteiger partial charge in [0.25, 0.3) is 27.5 Å². The van der Waals surface area contributed by atoms with Gasteiger partial charge < -0.3 is 30.2 Å². The number of halogens is 1. The highest BCUT2D eigenvalue weighted by Crippen LogP contribution is 2.44. The van der Waals surface area contributed by atoms with Crippen LogP contribution in [-0.2, 0) is 31.0 Å². The molecule has 5 aliphatic rings. The summed E-state index contributed by atoms with van der Waals surface area (Å²) in [4.78, 5) is 89.5. The first-order valence-electron chi connectivity index (χ1n) is 29.2. The number of allylic oxidation sites excluding steroid dienone is 1. The van der Waals surface area contributed by atoms with Gasteiger partial charge in [-0.2, -0.15) is 0 Å². The molecule has 1 saturated carbocycles. The molecular formula is C64H67ClN10O10S. The molecule has 4 aromatic carbocycles. The first-order valence-corrected chi connectivity index (χ1v) is 31.0. The Balaban J connectivity index is 0.686. The number of nitrogens with zero attached hydrogens (tertiary/aromatic N) is 5. The topological polar surface area (TPSA) is 258 Å². The lowest BCUT2D eigenvalue weighted by Crippen LogP contribution is -2.52. The number of anilines is 2. The average Bonchev–Trinajstić information content (AvgIpc) is 1.92. The number of H-pyrrole nitrogens is 1. The van der Waals surface area contributed by atoms with Gasteiger partial charge in [-0.15, -0.1) is 0 Å². The molecule has 5 N–H and O–H groups in total. The van der Waals surface area contributed by atoms with Crippen LogP contribution in [0.15, 0.2) is 114 Å². The van der Waals surface area contributed by atoms with Gasteiger partial charge in [-0.25, -0.2) is 18.1 Å². The first-order chi connectivity index (χ1) is 41.3. The van der Waals surface area contributed by atoms with Gasteiger partial charge in [-0.05, 0) is 140 Å². The van der Waals surface area contributed by atoms with E-state index >= 15 is 0 Å². The molecule has 3 aliphatic heterocycles. The number of nitro benzene ring substituents is 1. The van der Waals surface area contributed by atoms with Gasteiger partial charge in [-0.1, -0.05) is 61.1 Å². The third-order valence-corrected chi connectivity index (χ3v) is 18.7. The first kappa shape index (κ1) is 59.2. The van der Waals surface area contributed by atoms with Crippen molar-refractivity contribution in [2.24, 2.45) is 11.3 Å². The Morgan fingerprint density at radius 3 is 2.49 bits per heavy atom. The average molecular weight is 1200 g/mol. The standard InChI is InChI=1S/C64H67ClN10O10S/c1-64(2)26-24-44(52(35-64)42-12-14-45(65)15-13-42)38-72-28-30-73(31-29-72)47-18-20-51(57(33-47)85-48-32-43-25-27-66-60(43)68-37-48)61(78)71-86(83,84)49-19-21-54(56(34-49)75(81)82)67-36-40-10-16-46(17-11-40)69-58(76)9-4-3-6-41-7-5-8-50-53(41)39-74(63(50)80)55-22-23-59(77)70-62(55)79/h5,7-8,12-15,18-21,25,27,32-34,37,40,46,55,67H,4,9-11,16-17,22-24,26,28-31,35-36,38-39H2,1-2H3,(H,66,68)(H,69,76)(H,71,78)(H,70,77,79). The fraction of sp³-hybridized carbons (Fsp3) is 0.375. The zero-order valence-electron chi connectivity index (χ0n) is 47.9. The number of aromatic nitrogens is 2. The Kier molecular flexibility index (Phi) is 17.3. The number of nitrogens with one attached hydrogen (secondary N) is 5. The molecule has 1 atom stereocenters. The number of aromatic amines is 1. The molecule has 1 unspecified atom stereocenters. The predicted molar refractivity (Wildman–Crippen MR) is 326 cm³/mol. The summed E-state index contributed by atoms with van der Waals surface area (Å²) in [5, 5.41) is 22.5. The van der Waals surface area contributed by atoms with E-state index in [2.05, 4.69) is 78.3 Å². The van der Waals surface area contributed by atoms with E-state index in [1.54, 1.807) is 42.6 Å². The molecule has 3 fully saturated rings. The molecule has 86 heavy (non-hydrogen) atoms. The van der Waals surface area contributed by atoms with E-state index in [0.717, 1.165) is 68.9 Å². The third-order valence-electron chi connectivity index (χ3n) is 17.1. The van der Waals surface area contributed by atoms with Crippen LogP contribution in [0.5, 0.6) is 11.5 Å². The quantitative estimate of drug-likeness (QED) is 0.0247. The van der Waals surface area contributed by atoms with E-state index in [1.165, 1.54) is 46.0 Å². The summed E-state index contributed by atoms with van der Waals surface area (Å²) in [5.41, 5.74) is 7.06. The van der Waals surface area contributed by atoms with E-state index in [9.17, 15) is 42.5 Å². The zero-order chi connectivity index (χ0) is 60.3. The number of hydrogen-bond donors (Lipinski definition) is 5. The van der Waals surface area contributed by atoms with Crippen molar-refractivity contribution in [3.8, 4) is 23.3 Å². The van der Waals surface area contributed by atoms with E-state index in [-0.39, 0.29) is 84.3 Å². The number of imide groups is 1. The van der Waals surface area contributed by atoms with E-state index in [1.807, 2.05) is 18.2 Å². The van der Waals surface area contributed by atoms with Crippen LogP contribution in [0.3, 0.4) is 0 Å². The molecule has 2 aliphatic carbocycles. The number of rotatable bonds is 17. The lowest BCUT2D eigenvalue weighted by Gasteiger charge is -2.39. The number of piperazine rings is 1. The molecule has 2 aromatic heterocycles. The van der Waals surface area contributed by atoms with Crippen molar-refractivity contribution < 1.29 is 42.1 Å². The minimum Gasteiger partial charge on any atom is -0.455 e. The number of nitro groups is 1. The van der Waals surface area contributed by atoms with E-state index < -0.39 is 43.4 Å². The molecule has 22 heteroatoms. The van der Waals surface area contributed by atoms with Gasteiger partial charge in [0.15, 0.2) is 0 Å². The summed E-state index contributed by atoms with van der Waals surface area (Å²) in [6.07, 6.45) is 10.1. The normalized spacial score (nSPS) is 19.8. The summed E-state index contributed by atoms with van der Waals surface area (Å²) in [6.45, 7) is 9.04. The Bertz CT molecular complexity index is 3880. The summed E-state index contributed by atoms with van der Waals surface area (Å²) >= 11 is 6.27. The highest BCUT2D eigenvalue weighted by molar-refractivity contribution is 7.90. The largest absolute Gasteiger partial charge is 0.455 e. The molecule has 0 spiro atoms. The molecular weight excluding hydrogens is 1140 g/mol. The molecule has 11 rings (SSSR count). The lowest BCUT2D eigenvalue weighted by atomic mass is 9.72. The second-order valence-corrected chi connectivity index (χ2v) is 25.8. The number of sulfonamides is 1. The summed E-state index contributed by atoms with van der Waals surface area (Å²) in [5.74, 6) is 4.42. The van der Waals surface area contributed by atoms with Crippen molar-refractivity contribution in [2.45, 2.75) is 108 Å². The third kappa shape index (κ3) is 13.6. The zero-order valence-corrected chi connectivity index (χ0v) is 49.5. The number of pyridine rings is 1. The van der Waals surface area contributed by atoms with Gasteiger partial charge >= 0.3 is 0 Å². The number of piperidine rings is 1. The number of carbonyl (C=O) groups is 5. The van der Waals surface area contributed by atoms with Crippen LogP contribution in [0.2, 0.25) is 5.02 Å². The smallest absolute Gasteiger partial charge is 0.293 e. The van der Waals surface area contributed by atoms with Crippen molar-refractivity contribution in [2.75, 3.05) is 49.5 Å². The Morgan fingerprint density at radius 2 is 1.72 bits per heavy atom. The van der Waals surface area contributed by atoms with Crippen molar-refractivity contribution >= 4 is 84.8 Å². The number of ether oxygens (including phenoxy) is 1. The van der Waals surface area contributed by atoms with Gasteiger partial charge in [0.05, 0.1) is 21.6 Å². The molecule has 5 heterocycles. The number of carbonyl (C=O) groups excluding carboxylic acids is 5. The summed E-state index contributed by atoms with van der Waals surface area (Å²) in [6, 6.07) is 24.7. The SMILES string of the molecule is CC1(C)CCC(CN2CCN(c3ccc(C(=O)NS(=O)(=O)c4ccc(NCC5CCC(NC(=O)CCC#Cc6cccc7c6CN(C6CCC(=O)NC6=O)C7=O)CC5)c([N+](=O)[O-])c4)c(Oc4cnc5[nH]ccc5c4)c3)CC2)=C(c2ccc(Cl)cc2)C1. The van der Waals surface area contributed by atoms with Crippen LogP contribution in [-0.4, -0.2) is 114 Å². The molecule has 2 saturated heterocycles. The molecule has 6 aromatic rings. The van der Waals surface area contributed by atoms with Crippen molar-refractivity contribution in [1.29, 1.82) is 0 Å². The highest BCUT2D eigenvalue weighted by Gasteiger charge is 2.40. The molecule has 5 amide bonds. The summed E-state index contributed by atoms with van der Waals surface area (Å²) < 4.78 is 36.4. The molecule has 446 valence electrons. The lowest BCUT2D eigenvalue weighted by molar-refractivity contribution is -0.384. The van der Waals surface area contributed by atoms with Gasteiger partial charge in [0.2, 0.25) is 17.7 Å². The minimum atomic E-state index is -4.66. The summed E-state index contributed by atoms with van der Waals surface area (Å²) in [7, 11) is -4.66. The fourth-order valence-electron chi connectivity index (χ4n) is 12.3. The molecule has 0 bridgehead atoms. The Labute approximate surface area is 503 Å². The van der Waals surface area contributed by atoms with Crippen LogP contribution in [0.1, 0.15) is 122 Å². The van der Waals surface area contributed by atoms with E-state index in [4.69, 9.17) is 16.3 Å². The maximum atomic E-state index is 14.2. The highest BCUT2D eigenvalue weighted by atomic mass is 35.5. The van der Waals surface area contributed by atoms with Gasteiger partial charge in [0, 0.05) is 117 Å².